The van der Waals surface area contributed by atoms with E-state index in [-0.39, 0.29) is 6.61 Å². The number of aliphatic hydroxyl groups is 1. The summed E-state index contributed by atoms with van der Waals surface area (Å²) in [5, 5.41) is 9.38. The van der Waals surface area contributed by atoms with E-state index in [4.69, 9.17) is 18.5 Å². The topological polar surface area (TPSA) is 74.2 Å². The molecule has 4 atom stereocenters. The first-order valence-corrected chi connectivity index (χ1v) is 12.4. The van der Waals surface area contributed by atoms with Crippen LogP contribution in [0.25, 0.3) is 0 Å². The van der Waals surface area contributed by atoms with Gasteiger partial charge in [-0.15, -0.1) is 0 Å². The number of hydrogen-bond donors (Lipinski definition) is 1. The molecule has 1 N–H and O–H groups in total. The summed E-state index contributed by atoms with van der Waals surface area (Å²) in [5.41, 5.74) is 5.50. The molecule has 4 rings (SSSR count). The Morgan fingerprint density at radius 1 is 0.912 bits per heavy atom. The number of rotatable bonds is 4. The summed E-state index contributed by atoms with van der Waals surface area (Å²) in [5.74, 6) is 3.48. The molecule has 0 spiro atoms. The molecule has 2 heterocycles. The first kappa shape index (κ1) is 26.7. The fourth-order valence-corrected chi connectivity index (χ4v) is 5.01. The Morgan fingerprint density at radius 2 is 1.38 bits per heavy atom. The van der Waals surface area contributed by atoms with E-state index < -0.39 is 11.2 Å². The van der Waals surface area contributed by atoms with Crippen LogP contribution in [-0.4, -0.2) is 29.2 Å². The second-order valence-electron chi connectivity index (χ2n) is 9.73. The van der Waals surface area contributed by atoms with E-state index >= 15 is 0 Å². The highest BCUT2D eigenvalue weighted by atomic mass is 31.0. The molecule has 0 fully saturated rings. The fourth-order valence-electron chi connectivity index (χ4n) is 4.52. The SMILES string of the molecule is Cc1cc(OP)c(C)c2c1O[C@](C)(C=O)CC2.Cc1cc(OP)c(C)c2c1O[C@](C)(CO)CC2. The van der Waals surface area contributed by atoms with Crippen LogP contribution in [-0.2, 0) is 17.6 Å². The second-order valence-corrected chi connectivity index (χ2v) is 10.2. The minimum Gasteiger partial charge on any atom is -0.485 e. The van der Waals surface area contributed by atoms with Crippen molar-refractivity contribution in [2.75, 3.05) is 6.61 Å². The van der Waals surface area contributed by atoms with Crippen LogP contribution in [0.3, 0.4) is 0 Å². The van der Waals surface area contributed by atoms with Crippen LogP contribution in [0.4, 0.5) is 0 Å². The maximum atomic E-state index is 11.1. The third-order valence-electron chi connectivity index (χ3n) is 6.90. The van der Waals surface area contributed by atoms with Gasteiger partial charge >= 0.3 is 0 Å². The highest BCUT2D eigenvalue weighted by Gasteiger charge is 2.34. The Labute approximate surface area is 207 Å². The molecule has 2 aliphatic heterocycles. The predicted molar refractivity (Wildman–Crippen MR) is 140 cm³/mol. The zero-order valence-corrected chi connectivity index (χ0v) is 23.2. The van der Waals surface area contributed by atoms with Gasteiger partial charge in [0.15, 0.2) is 11.9 Å². The van der Waals surface area contributed by atoms with Gasteiger partial charge in [0.1, 0.15) is 28.6 Å². The maximum Gasteiger partial charge on any atom is 0.163 e. The Hall–Kier alpha value is -1.87. The summed E-state index contributed by atoms with van der Waals surface area (Å²) in [4.78, 5) is 11.1. The molecule has 0 aromatic heterocycles. The molecule has 2 aromatic rings. The van der Waals surface area contributed by atoms with Crippen LogP contribution in [0.1, 0.15) is 60.1 Å². The van der Waals surface area contributed by atoms with Crippen LogP contribution in [0.5, 0.6) is 23.0 Å². The number of benzene rings is 2. The lowest BCUT2D eigenvalue weighted by Crippen LogP contribution is -2.40. The van der Waals surface area contributed by atoms with Gasteiger partial charge in [-0.1, -0.05) is 0 Å². The lowest BCUT2D eigenvalue weighted by Gasteiger charge is -2.36. The molecule has 0 saturated carbocycles. The Morgan fingerprint density at radius 3 is 1.82 bits per heavy atom. The van der Waals surface area contributed by atoms with Crippen molar-refractivity contribution in [2.24, 2.45) is 0 Å². The van der Waals surface area contributed by atoms with E-state index in [1.165, 1.54) is 5.56 Å². The quantitative estimate of drug-likeness (QED) is 0.448. The average molecular weight is 507 g/mol. The summed E-state index contributed by atoms with van der Waals surface area (Å²) in [6.07, 6.45) is 4.20. The fraction of sp³-hybridized carbons (Fsp3) is 0.500. The van der Waals surface area contributed by atoms with Crippen molar-refractivity contribution in [1.82, 2.24) is 0 Å². The molecule has 2 unspecified atom stereocenters. The monoisotopic (exact) mass is 506 g/mol. The van der Waals surface area contributed by atoms with E-state index in [0.717, 1.165) is 76.4 Å². The van der Waals surface area contributed by atoms with Gasteiger partial charge in [0.05, 0.1) is 25.5 Å². The van der Waals surface area contributed by atoms with E-state index in [2.05, 4.69) is 18.9 Å². The molecule has 0 radical (unpaired) electrons. The second kappa shape index (κ2) is 10.4. The highest BCUT2D eigenvalue weighted by Crippen LogP contribution is 2.42. The van der Waals surface area contributed by atoms with Gasteiger partial charge in [0.2, 0.25) is 0 Å². The summed E-state index contributed by atoms with van der Waals surface area (Å²) < 4.78 is 22.4. The Bertz CT molecular complexity index is 1090. The van der Waals surface area contributed by atoms with Crippen molar-refractivity contribution in [2.45, 2.75) is 78.4 Å². The van der Waals surface area contributed by atoms with Gasteiger partial charge in [-0.3, -0.25) is 4.79 Å². The van der Waals surface area contributed by atoms with Crippen LogP contribution in [0.2, 0.25) is 0 Å². The zero-order valence-electron chi connectivity index (χ0n) is 20.9. The molecule has 8 heteroatoms. The van der Waals surface area contributed by atoms with E-state index in [1.807, 2.05) is 53.7 Å². The molecule has 0 amide bonds. The maximum absolute atomic E-state index is 11.1. The largest absolute Gasteiger partial charge is 0.485 e. The molecule has 0 bridgehead atoms. The van der Waals surface area contributed by atoms with Crippen molar-refractivity contribution < 1.29 is 28.4 Å². The lowest BCUT2D eigenvalue weighted by molar-refractivity contribution is -0.121. The Balaban J connectivity index is 0.000000191. The van der Waals surface area contributed by atoms with Gasteiger partial charge in [-0.25, -0.2) is 0 Å². The average Bonchev–Trinajstić information content (AvgIpc) is 2.84. The van der Waals surface area contributed by atoms with Crippen molar-refractivity contribution >= 4 is 25.2 Å². The molecule has 6 nitrogen and oxygen atoms in total. The molecule has 186 valence electrons. The number of aryl methyl sites for hydroxylation is 2. The van der Waals surface area contributed by atoms with Gasteiger partial charge in [-0.05, 0) is 102 Å². The van der Waals surface area contributed by atoms with Crippen molar-refractivity contribution in [3.8, 4) is 23.0 Å². The van der Waals surface area contributed by atoms with Gasteiger partial charge in [0, 0.05) is 11.1 Å². The van der Waals surface area contributed by atoms with Crippen LogP contribution < -0.4 is 18.5 Å². The minimum absolute atomic E-state index is 0.0484. The first-order valence-electron chi connectivity index (χ1n) is 11.5. The molecule has 0 aliphatic carbocycles. The smallest absolute Gasteiger partial charge is 0.163 e. The third-order valence-corrected chi connectivity index (χ3v) is 7.41. The van der Waals surface area contributed by atoms with E-state index in [9.17, 15) is 9.90 Å². The van der Waals surface area contributed by atoms with Crippen LogP contribution in [0.15, 0.2) is 12.1 Å². The number of ether oxygens (including phenoxy) is 2. The predicted octanol–water partition coefficient (Wildman–Crippen LogP) is 5.30. The van der Waals surface area contributed by atoms with E-state index in [0.29, 0.717) is 6.42 Å². The normalized spacial score (nSPS) is 22.7. The molecule has 0 saturated heterocycles. The number of carbonyl (C=O) groups excluding carboxylic acids is 1. The number of hydrogen-bond acceptors (Lipinski definition) is 6. The van der Waals surface area contributed by atoms with Crippen LogP contribution in [0, 0.1) is 27.7 Å². The molecular weight excluding hydrogens is 470 g/mol. The number of aliphatic hydroxyl groups excluding tert-OH is 1. The Kier molecular flexibility index (Phi) is 8.18. The van der Waals surface area contributed by atoms with Gasteiger partial charge in [0.25, 0.3) is 0 Å². The number of carbonyl (C=O) groups is 1. The minimum atomic E-state index is -0.687. The van der Waals surface area contributed by atoms with Gasteiger partial charge < -0.3 is 23.6 Å². The van der Waals surface area contributed by atoms with Crippen molar-refractivity contribution in [1.29, 1.82) is 0 Å². The third kappa shape index (κ3) is 5.20. The molecule has 34 heavy (non-hydrogen) atoms. The summed E-state index contributed by atoms with van der Waals surface area (Å²) in [6, 6.07) is 3.92. The molecule has 2 aliphatic rings. The number of aldehydes is 1. The van der Waals surface area contributed by atoms with Crippen molar-refractivity contribution in [3.05, 3.63) is 45.5 Å². The van der Waals surface area contributed by atoms with Gasteiger partial charge in [-0.2, -0.15) is 0 Å². The standard InChI is InChI=1S/C13H19O3P.C13H17O3P/c2*1-8-6-11(16-17)9(2)10-4-5-13(3,7-14)15-12(8)10/h6,14H,4-5,7,17H2,1-3H3;6-7H,4-5,17H2,1-3H3/t2*13-/m00/s1. The highest BCUT2D eigenvalue weighted by molar-refractivity contribution is 7.10. The summed E-state index contributed by atoms with van der Waals surface area (Å²) >= 11 is 0. The lowest BCUT2D eigenvalue weighted by atomic mass is 9.89. The zero-order chi connectivity index (χ0) is 25.3. The van der Waals surface area contributed by atoms with Crippen LogP contribution >= 0.6 is 18.9 Å². The number of fused-ring (bicyclic) bond motifs is 2. The first-order chi connectivity index (χ1) is 16.0. The van der Waals surface area contributed by atoms with E-state index in [1.54, 1.807) is 0 Å². The molecule has 2 aromatic carbocycles. The summed E-state index contributed by atoms with van der Waals surface area (Å²) in [6.45, 7) is 11.9. The van der Waals surface area contributed by atoms with Crippen molar-refractivity contribution in [3.63, 3.8) is 0 Å². The molecular formula is C26H36O6P2. The summed E-state index contributed by atoms with van der Waals surface area (Å²) in [7, 11) is 4.55.